The van der Waals surface area contributed by atoms with E-state index in [4.69, 9.17) is 19.3 Å². The van der Waals surface area contributed by atoms with Crippen molar-refractivity contribution in [3.05, 3.63) is 64.9 Å². The number of hydrogen-bond donors (Lipinski definition) is 2. The fourth-order valence-electron chi connectivity index (χ4n) is 5.87. The van der Waals surface area contributed by atoms with Gasteiger partial charge in [-0.2, -0.15) is 0 Å². The van der Waals surface area contributed by atoms with E-state index in [1.807, 2.05) is 36.1 Å². The van der Waals surface area contributed by atoms with Crippen LogP contribution in [0, 0.1) is 23.5 Å². The maximum Gasteiger partial charge on any atom is 0.329 e. The van der Waals surface area contributed by atoms with Crippen molar-refractivity contribution in [2.45, 2.75) is 51.4 Å². The Morgan fingerprint density at radius 2 is 1.78 bits per heavy atom. The number of rotatable bonds is 13. The second-order valence-electron chi connectivity index (χ2n) is 11.8. The molecule has 3 aromatic rings. The van der Waals surface area contributed by atoms with E-state index < -0.39 is 29.3 Å². The molecule has 0 amide bonds. The maximum absolute atomic E-state index is 15.7. The summed E-state index contributed by atoms with van der Waals surface area (Å²) in [6.45, 7) is 5.83. The van der Waals surface area contributed by atoms with Gasteiger partial charge in [0.05, 0.1) is 19.3 Å². The zero-order valence-corrected chi connectivity index (χ0v) is 23.6. The molecule has 2 N–H and O–H groups in total. The molecular formula is C31H37F3N2O5. The molecule has 0 spiro atoms. The second kappa shape index (κ2) is 12.0. The Bertz CT molecular complexity index is 1360. The minimum absolute atomic E-state index is 0.00957. The van der Waals surface area contributed by atoms with Crippen molar-refractivity contribution in [3.8, 4) is 5.75 Å². The molecule has 0 radical (unpaired) electrons. The molecule has 0 bridgehead atoms. The molecule has 0 saturated heterocycles. The average Bonchev–Trinajstić information content (AvgIpc) is 3.53. The zero-order chi connectivity index (χ0) is 29.3. The predicted molar refractivity (Wildman–Crippen MR) is 148 cm³/mol. The van der Waals surface area contributed by atoms with Crippen LogP contribution in [0.5, 0.6) is 5.75 Å². The molecule has 1 saturated carbocycles. The Labute approximate surface area is 237 Å². The third kappa shape index (κ3) is 6.88. The summed E-state index contributed by atoms with van der Waals surface area (Å²) in [7, 11) is 0. The van der Waals surface area contributed by atoms with Gasteiger partial charge in [0.15, 0.2) is 0 Å². The quantitative estimate of drug-likeness (QED) is 0.256. The first kappa shape index (κ1) is 29.4. The number of nitrogens with one attached hydrogen (secondary N) is 1. The number of carboxylic acid groups (broad SMARTS) is 1. The molecular weight excluding hydrogens is 537 g/mol. The summed E-state index contributed by atoms with van der Waals surface area (Å²) in [6.07, 6.45) is 1.54. The molecule has 222 valence electrons. The van der Waals surface area contributed by atoms with Crippen LogP contribution >= 0.6 is 0 Å². The fourth-order valence-corrected chi connectivity index (χ4v) is 5.87. The van der Waals surface area contributed by atoms with Gasteiger partial charge in [-0.1, -0.05) is 18.2 Å². The number of benzene rings is 2. The molecule has 4 atom stereocenters. The predicted octanol–water partition coefficient (Wildman–Crippen LogP) is 5.66. The van der Waals surface area contributed by atoms with Gasteiger partial charge in [-0.3, -0.25) is 4.90 Å². The van der Waals surface area contributed by atoms with Gasteiger partial charge in [-0.25, -0.2) is 18.0 Å². The SMILES string of the molecule is C[C@@H]1Cc2c([nH]c3ccccc23)[C@@H](c2c(F)cc(OCCOCC3CC3COCC(=O)O)cc2F)N1CC(C)(C)F. The minimum Gasteiger partial charge on any atom is -0.491 e. The largest absolute Gasteiger partial charge is 0.491 e. The number of alkyl halides is 1. The lowest BCUT2D eigenvalue weighted by molar-refractivity contribution is -0.142. The number of para-hydroxylation sites is 1. The van der Waals surface area contributed by atoms with Crippen LogP contribution in [0.4, 0.5) is 13.2 Å². The Morgan fingerprint density at radius 1 is 1.10 bits per heavy atom. The van der Waals surface area contributed by atoms with E-state index in [9.17, 15) is 9.18 Å². The van der Waals surface area contributed by atoms with Crippen LogP contribution in [-0.4, -0.2) is 72.2 Å². The molecule has 1 aromatic heterocycles. The number of carbonyl (C=O) groups is 1. The monoisotopic (exact) mass is 574 g/mol. The summed E-state index contributed by atoms with van der Waals surface area (Å²) in [4.78, 5) is 15.7. The molecule has 2 aliphatic rings. The molecule has 10 heteroatoms. The lowest BCUT2D eigenvalue weighted by atomic mass is 9.87. The standard InChI is InChI=1S/C31H37F3N2O5/c1-18-10-23-22-6-4-5-7-26(22)35-29(23)30(36(18)17-31(2,3)34)28-24(32)12-21(13-25(28)33)41-9-8-39-14-19-11-20(19)15-40-16-27(37)38/h4-7,12-13,18-20,30,35H,8-11,14-17H2,1-3H3,(H,37,38)/t18-,19?,20?,30-/m1/s1. The lowest BCUT2D eigenvalue weighted by Gasteiger charge is -2.43. The summed E-state index contributed by atoms with van der Waals surface area (Å²) in [5.41, 5.74) is 0.843. The molecule has 1 fully saturated rings. The molecule has 7 nitrogen and oxygen atoms in total. The Hall–Kier alpha value is -3.08. The Balaban J connectivity index is 1.27. The summed E-state index contributed by atoms with van der Waals surface area (Å²) >= 11 is 0. The number of aromatic amines is 1. The number of halogens is 3. The fraction of sp³-hybridized carbons (Fsp3) is 0.516. The van der Waals surface area contributed by atoms with E-state index in [0.29, 0.717) is 31.2 Å². The van der Waals surface area contributed by atoms with Crippen LogP contribution in [0.1, 0.15) is 50.1 Å². The minimum atomic E-state index is -1.57. The molecule has 2 heterocycles. The van der Waals surface area contributed by atoms with Gasteiger partial charge in [0.25, 0.3) is 0 Å². The highest BCUT2D eigenvalue weighted by Crippen LogP contribution is 2.44. The van der Waals surface area contributed by atoms with Crippen LogP contribution < -0.4 is 4.74 Å². The van der Waals surface area contributed by atoms with Crippen LogP contribution in [-0.2, 0) is 20.7 Å². The van der Waals surface area contributed by atoms with Gasteiger partial charge in [0.2, 0.25) is 0 Å². The first-order valence-electron chi connectivity index (χ1n) is 14.0. The van der Waals surface area contributed by atoms with E-state index in [-0.39, 0.29) is 49.6 Å². The molecule has 1 aliphatic carbocycles. The molecule has 2 unspecified atom stereocenters. The Kier molecular flexibility index (Phi) is 8.63. The third-order valence-corrected chi connectivity index (χ3v) is 7.86. The van der Waals surface area contributed by atoms with Crippen molar-refractivity contribution in [1.82, 2.24) is 9.88 Å². The van der Waals surface area contributed by atoms with Crippen molar-refractivity contribution >= 4 is 16.9 Å². The summed E-state index contributed by atoms with van der Waals surface area (Å²) < 4.78 is 62.7. The number of carboxylic acids is 1. The topological polar surface area (TPSA) is 84.0 Å². The highest BCUT2D eigenvalue weighted by Gasteiger charge is 2.41. The second-order valence-corrected chi connectivity index (χ2v) is 11.8. The first-order chi connectivity index (χ1) is 19.5. The maximum atomic E-state index is 15.7. The van der Waals surface area contributed by atoms with Crippen LogP contribution in [0.25, 0.3) is 10.9 Å². The van der Waals surface area contributed by atoms with E-state index in [0.717, 1.165) is 22.9 Å². The van der Waals surface area contributed by atoms with Gasteiger partial charge in [0.1, 0.15) is 36.3 Å². The van der Waals surface area contributed by atoms with Crippen LogP contribution in [0.3, 0.4) is 0 Å². The van der Waals surface area contributed by atoms with Crippen LogP contribution in [0.2, 0.25) is 0 Å². The van der Waals surface area contributed by atoms with Gasteiger partial charge in [0, 0.05) is 53.5 Å². The van der Waals surface area contributed by atoms with Crippen molar-refractivity contribution in [1.29, 1.82) is 0 Å². The van der Waals surface area contributed by atoms with E-state index in [1.165, 1.54) is 26.0 Å². The van der Waals surface area contributed by atoms with Gasteiger partial charge in [-0.05, 0) is 57.1 Å². The van der Waals surface area contributed by atoms with E-state index in [2.05, 4.69) is 4.98 Å². The highest BCUT2D eigenvalue weighted by atomic mass is 19.1. The summed E-state index contributed by atoms with van der Waals surface area (Å²) in [5.74, 6) is -1.86. The number of fused-ring (bicyclic) bond motifs is 3. The summed E-state index contributed by atoms with van der Waals surface area (Å²) in [6, 6.07) is 9.13. The smallest absolute Gasteiger partial charge is 0.329 e. The summed E-state index contributed by atoms with van der Waals surface area (Å²) in [5, 5.41) is 9.63. The van der Waals surface area contributed by atoms with Crippen molar-refractivity contribution in [2.75, 3.05) is 39.6 Å². The zero-order valence-electron chi connectivity index (χ0n) is 23.6. The van der Waals surface area contributed by atoms with Gasteiger partial charge in [-0.15, -0.1) is 0 Å². The molecule has 2 aromatic carbocycles. The molecule has 1 aliphatic heterocycles. The highest BCUT2D eigenvalue weighted by molar-refractivity contribution is 5.85. The Morgan fingerprint density at radius 3 is 2.46 bits per heavy atom. The van der Waals surface area contributed by atoms with E-state index >= 15 is 8.78 Å². The first-order valence-corrected chi connectivity index (χ1v) is 14.0. The molecule has 41 heavy (non-hydrogen) atoms. The van der Waals surface area contributed by atoms with Gasteiger partial charge >= 0.3 is 5.97 Å². The van der Waals surface area contributed by atoms with Gasteiger partial charge < -0.3 is 24.3 Å². The number of hydrogen-bond acceptors (Lipinski definition) is 5. The normalized spacial score (nSPS) is 22.6. The molecule has 5 rings (SSSR count). The van der Waals surface area contributed by atoms with E-state index in [1.54, 1.807) is 0 Å². The van der Waals surface area contributed by atoms with Crippen molar-refractivity contribution < 1.29 is 37.3 Å². The number of ether oxygens (including phenoxy) is 3. The van der Waals surface area contributed by atoms with Crippen molar-refractivity contribution in [3.63, 3.8) is 0 Å². The van der Waals surface area contributed by atoms with Crippen molar-refractivity contribution in [2.24, 2.45) is 11.8 Å². The number of nitrogens with zero attached hydrogens (tertiary/aromatic N) is 1. The average molecular weight is 575 g/mol. The van der Waals surface area contributed by atoms with Crippen LogP contribution in [0.15, 0.2) is 36.4 Å². The number of aromatic nitrogens is 1. The lowest BCUT2D eigenvalue weighted by Crippen LogP contribution is -2.48. The third-order valence-electron chi connectivity index (χ3n) is 7.86. The number of H-pyrrole nitrogens is 1. The number of aliphatic carboxylic acids is 1.